The fraction of sp³-hybridized carbons (Fsp3) is 0.217. The maximum absolute atomic E-state index is 13.4. The van der Waals surface area contributed by atoms with Crippen LogP contribution in [0.2, 0.25) is 0 Å². The molecular weight excluding hydrogens is 467 g/mol. The Labute approximate surface area is 196 Å². The van der Waals surface area contributed by atoms with Gasteiger partial charge in [0, 0.05) is 36.3 Å². The monoisotopic (exact) mass is 487 g/mol. The van der Waals surface area contributed by atoms with Crippen LogP contribution >= 0.6 is 0 Å². The van der Waals surface area contributed by atoms with Gasteiger partial charge in [-0.05, 0) is 37.3 Å². The molecule has 0 atom stereocenters. The van der Waals surface area contributed by atoms with Gasteiger partial charge in [0.25, 0.3) is 11.5 Å². The fourth-order valence-corrected chi connectivity index (χ4v) is 3.67. The smallest absolute Gasteiger partial charge is 0.390 e. The van der Waals surface area contributed by atoms with E-state index in [1.54, 1.807) is 20.0 Å². The molecule has 0 spiro atoms. The zero-order valence-corrected chi connectivity index (χ0v) is 18.6. The van der Waals surface area contributed by atoms with Crippen LogP contribution in [-0.4, -0.2) is 30.5 Å². The summed E-state index contributed by atoms with van der Waals surface area (Å²) in [7, 11) is 1.66. The topological polar surface area (TPSA) is 115 Å². The number of nitrogens with one attached hydrogen (secondary N) is 1. The maximum atomic E-state index is 13.4. The Morgan fingerprint density at radius 3 is 2.60 bits per heavy atom. The number of benzene rings is 1. The number of amides is 1. The number of aryl methyl sites for hydroxylation is 1. The van der Waals surface area contributed by atoms with Crippen LogP contribution in [0, 0.1) is 6.92 Å². The van der Waals surface area contributed by atoms with E-state index in [4.69, 9.17) is 9.63 Å². The average Bonchev–Trinajstić information content (AvgIpc) is 3.46. The second kappa shape index (κ2) is 9.22. The molecule has 9 nitrogen and oxygen atoms in total. The minimum absolute atomic E-state index is 0.0387. The van der Waals surface area contributed by atoms with E-state index in [1.165, 1.54) is 35.1 Å². The molecule has 1 amide bonds. The number of hydrogen-bond donors (Lipinski definition) is 2. The van der Waals surface area contributed by atoms with Gasteiger partial charge < -0.3 is 14.9 Å². The van der Waals surface area contributed by atoms with Crippen LogP contribution in [0.4, 0.5) is 13.2 Å². The fourth-order valence-electron chi connectivity index (χ4n) is 3.67. The van der Waals surface area contributed by atoms with Crippen molar-refractivity contribution in [2.24, 2.45) is 7.05 Å². The van der Waals surface area contributed by atoms with Crippen molar-refractivity contribution >= 4 is 5.91 Å². The number of carbonyl (C=O) groups excluding carboxylic acids is 1. The number of aliphatic hydroxyl groups excluding tert-OH is 1. The van der Waals surface area contributed by atoms with Crippen molar-refractivity contribution in [2.45, 2.75) is 26.3 Å². The Morgan fingerprint density at radius 1 is 1.20 bits per heavy atom. The number of carbonyl (C=O) groups is 1. The Balaban J connectivity index is 1.83. The van der Waals surface area contributed by atoms with E-state index in [1.807, 2.05) is 0 Å². The molecule has 3 heterocycles. The SMILES string of the molecule is Cc1c(-c2ccnn2C)cc(C(=O)NCc2cc(CO)no2)c(=O)n1-c1cccc(C(F)(F)F)c1. The summed E-state index contributed by atoms with van der Waals surface area (Å²) in [6.45, 7) is 1.12. The van der Waals surface area contributed by atoms with Gasteiger partial charge in [-0.1, -0.05) is 11.2 Å². The van der Waals surface area contributed by atoms with E-state index < -0.39 is 23.2 Å². The highest BCUT2D eigenvalue weighted by atomic mass is 19.4. The number of halogens is 3. The molecule has 0 aliphatic carbocycles. The Kier molecular flexibility index (Phi) is 6.31. The Hall–Kier alpha value is -4.19. The van der Waals surface area contributed by atoms with Crippen molar-refractivity contribution in [3.8, 4) is 16.9 Å². The van der Waals surface area contributed by atoms with Gasteiger partial charge in [0.2, 0.25) is 0 Å². The molecule has 0 saturated carbocycles. The summed E-state index contributed by atoms with van der Waals surface area (Å²) in [6.07, 6.45) is -3.09. The Morgan fingerprint density at radius 2 is 1.97 bits per heavy atom. The van der Waals surface area contributed by atoms with Gasteiger partial charge in [-0.2, -0.15) is 18.3 Å². The van der Waals surface area contributed by atoms with E-state index in [0.29, 0.717) is 17.0 Å². The van der Waals surface area contributed by atoms with Gasteiger partial charge >= 0.3 is 6.18 Å². The highest BCUT2D eigenvalue weighted by Gasteiger charge is 2.31. The number of rotatable bonds is 6. The molecule has 182 valence electrons. The first-order valence-corrected chi connectivity index (χ1v) is 10.4. The number of aliphatic hydroxyl groups is 1. The first-order valence-electron chi connectivity index (χ1n) is 10.4. The van der Waals surface area contributed by atoms with Crippen molar-refractivity contribution in [2.75, 3.05) is 0 Å². The molecule has 0 fully saturated rings. The molecule has 2 N–H and O–H groups in total. The molecule has 3 aromatic heterocycles. The van der Waals surface area contributed by atoms with Crippen molar-refractivity contribution in [1.29, 1.82) is 0 Å². The van der Waals surface area contributed by atoms with Crippen LogP contribution in [0.15, 0.2) is 58.0 Å². The standard InChI is InChI=1S/C23H20F3N5O4/c1-13-18(20-6-7-28-30(20)2)10-19(21(33)27-11-17-9-15(12-32)29-35-17)22(34)31(13)16-5-3-4-14(8-16)23(24,25)26/h3-10,32H,11-12H2,1-2H3,(H,27,33). The maximum Gasteiger partial charge on any atom is 0.416 e. The van der Waals surface area contributed by atoms with Gasteiger partial charge in [0.15, 0.2) is 5.76 Å². The molecule has 0 aliphatic heterocycles. The lowest BCUT2D eigenvalue weighted by atomic mass is 10.1. The van der Waals surface area contributed by atoms with E-state index in [-0.39, 0.29) is 35.9 Å². The van der Waals surface area contributed by atoms with Crippen LogP contribution in [-0.2, 0) is 26.4 Å². The predicted molar refractivity (Wildman–Crippen MR) is 118 cm³/mol. The minimum atomic E-state index is -4.61. The molecule has 4 rings (SSSR count). The number of hydrogen-bond acceptors (Lipinski definition) is 6. The summed E-state index contributed by atoms with van der Waals surface area (Å²) in [5.74, 6) is -0.513. The molecule has 0 saturated heterocycles. The van der Waals surface area contributed by atoms with Crippen LogP contribution in [0.3, 0.4) is 0 Å². The lowest BCUT2D eigenvalue weighted by molar-refractivity contribution is -0.137. The molecule has 4 aromatic rings. The predicted octanol–water partition coefficient (Wildman–Crippen LogP) is 2.98. The summed E-state index contributed by atoms with van der Waals surface area (Å²) < 4.78 is 47.6. The first kappa shape index (κ1) is 24.0. The minimum Gasteiger partial charge on any atom is -0.390 e. The summed E-state index contributed by atoms with van der Waals surface area (Å²) >= 11 is 0. The van der Waals surface area contributed by atoms with Crippen molar-refractivity contribution in [3.05, 3.63) is 87.3 Å². The van der Waals surface area contributed by atoms with E-state index in [9.17, 15) is 22.8 Å². The second-order valence-electron chi connectivity index (χ2n) is 7.71. The first-order chi connectivity index (χ1) is 16.6. The van der Waals surface area contributed by atoms with Gasteiger partial charge in [0.05, 0.1) is 24.4 Å². The molecule has 0 bridgehead atoms. The number of alkyl halides is 3. The molecule has 0 radical (unpaired) electrons. The molecule has 0 unspecified atom stereocenters. The molecular formula is C23H20F3N5O4. The number of pyridine rings is 1. The summed E-state index contributed by atoms with van der Waals surface area (Å²) in [5.41, 5.74) is -0.446. The van der Waals surface area contributed by atoms with Crippen molar-refractivity contribution in [3.63, 3.8) is 0 Å². The van der Waals surface area contributed by atoms with Crippen LogP contribution in [0.5, 0.6) is 0 Å². The third kappa shape index (κ3) is 4.73. The van der Waals surface area contributed by atoms with E-state index in [0.717, 1.165) is 16.7 Å². The summed E-state index contributed by atoms with van der Waals surface area (Å²) in [6, 6.07) is 8.81. The number of aromatic nitrogens is 4. The van der Waals surface area contributed by atoms with Crippen LogP contribution < -0.4 is 10.9 Å². The summed E-state index contributed by atoms with van der Waals surface area (Å²) in [4.78, 5) is 26.4. The highest BCUT2D eigenvalue weighted by Crippen LogP contribution is 2.31. The average molecular weight is 487 g/mol. The molecule has 12 heteroatoms. The van der Waals surface area contributed by atoms with Gasteiger partial charge in [-0.3, -0.25) is 18.8 Å². The van der Waals surface area contributed by atoms with Gasteiger partial charge in [0.1, 0.15) is 11.3 Å². The second-order valence-corrected chi connectivity index (χ2v) is 7.71. The van der Waals surface area contributed by atoms with E-state index in [2.05, 4.69) is 15.6 Å². The third-order valence-electron chi connectivity index (χ3n) is 5.41. The zero-order chi connectivity index (χ0) is 25.3. The zero-order valence-electron chi connectivity index (χ0n) is 18.6. The van der Waals surface area contributed by atoms with Gasteiger partial charge in [-0.15, -0.1) is 0 Å². The lowest BCUT2D eigenvalue weighted by Crippen LogP contribution is -2.33. The Bertz CT molecular complexity index is 1450. The van der Waals surface area contributed by atoms with Crippen LogP contribution in [0.1, 0.15) is 33.1 Å². The normalized spacial score (nSPS) is 11.6. The quantitative estimate of drug-likeness (QED) is 0.432. The largest absolute Gasteiger partial charge is 0.416 e. The van der Waals surface area contributed by atoms with E-state index >= 15 is 0 Å². The molecule has 35 heavy (non-hydrogen) atoms. The van der Waals surface area contributed by atoms with Gasteiger partial charge in [-0.25, -0.2) is 0 Å². The molecule has 0 aliphatic rings. The highest BCUT2D eigenvalue weighted by molar-refractivity contribution is 5.95. The molecule has 1 aromatic carbocycles. The van der Waals surface area contributed by atoms with Crippen molar-refractivity contribution in [1.82, 2.24) is 24.8 Å². The van der Waals surface area contributed by atoms with Crippen LogP contribution in [0.25, 0.3) is 16.9 Å². The lowest BCUT2D eigenvalue weighted by Gasteiger charge is -2.18. The third-order valence-corrected chi connectivity index (χ3v) is 5.41. The summed E-state index contributed by atoms with van der Waals surface area (Å²) in [5, 5.41) is 19.4. The van der Waals surface area contributed by atoms with Crippen molar-refractivity contribution < 1.29 is 27.6 Å². The number of nitrogens with zero attached hydrogens (tertiary/aromatic N) is 4.